The average molecular weight is 475 g/mol. The quantitative estimate of drug-likeness (QED) is 0.451. The van der Waals surface area contributed by atoms with Gasteiger partial charge in [-0.15, -0.1) is 0 Å². The molecule has 0 bridgehead atoms. The van der Waals surface area contributed by atoms with Crippen molar-refractivity contribution in [3.05, 3.63) is 76.2 Å². The number of nitrogens with zero attached hydrogens (tertiary/aromatic N) is 3. The molecule has 0 spiro atoms. The smallest absolute Gasteiger partial charge is 0.170 e. The maximum Gasteiger partial charge on any atom is 0.170 e. The number of furan rings is 1. The van der Waals surface area contributed by atoms with Gasteiger partial charge < -0.3 is 19.5 Å². The maximum absolute atomic E-state index is 6.33. The van der Waals surface area contributed by atoms with Crippen LogP contribution < -0.4 is 5.32 Å². The standard InChI is InChI=1S/C23H24Cl2N4OS/c1-28(2)12-5-13-29-22(21(27-23(29)31)18-6-3-4-11-26-18)20-10-9-19(30-20)15-7-8-16(24)17(25)14-15/h3-4,6-11,14,21-22H,5,12-13H2,1-2H3,(H,27,31). The predicted octanol–water partition coefficient (Wildman–Crippen LogP) is 5.57. The molecule has 1 aliphatic rings. The first-order valence-corrected chi connectivity index (χ1v) is 11.3. The molecule has 0 aliphatic carbocycles. The minimum absolute atomic E-state index is 0.0962. The number of halogens is 2. The molecule has 5 nitrogen and oxygen atoms in total. The number of hydrogen-bond donors (Lipinski definition) is 1. The Balaban J connectivity index is 1.67. The van der Waals surface area contributed by atoms with Crippen molar-refractivity contribution in [3.63, 3.8) is 0 Å². The number of thiocarbonyl (C=S) groups is 1. The third kappa shape index (κ3) is 4.88. The van der Waals surface area contributed by atoms with Crippen molar-refractivity contribution in [1.29, 1.82) is 0 Å². The number of rotatable bonds is 7. The van der Waals surface area contributed by atoms with E-state index in [9.17, 15) is 0 Å². The van der Waals surface area contributed by atoms with E-state index in [1.54, 1.807) is 12.3 Å². The van der Waals surface area contributed by atoms with E-state index in [4.69, 9.17) is 39.8 Å². The molecule has 1 aliphatic heterocycles. The lowest BCUT2D eigenvalue weighted by Crippen LogP contribution is -2.32. The first-order chi connectivity index (χ1) is 14.9. The zero-order valence-electron chi connectivity index (χ0n) is 17.4. The molecule has 1 fully saturated rings. The van der Waals surface area contributed by atoms with Gasteiger partial charge in [0.15, 0.2) is 5.11 Å². The molecule has 2 unspecified atom stereocenters. The molecule has 162 valence electrons. The summed E-state index contributed by atoms with van der Waals surface area (Å²) in [6, 6.07) is 15.2. The van der Waals surface area contributed by atoms with E-state index in [2.05, 4.69) is 34.2 Å². The first kappa shape index (κ1) is 22.1. The average Bonchev–Trinajstić information content (AvgIpc) is 3.35. The van der Waals surface area contributed by atoms with Gasteiger partial charge in [0.25, 0.3) is 0 Å². The molecule has 0 radical (unpaired) electrons. The fraction of sp³-hybridized carbons (Fsp3) is 0.304. The van der Waals surface area contributed by atoms with Gasteiger partial charge in [-0.05, 0) is 81.7 Å². The van der Waals surface area contributed by atoms with Crippen molar-refractivity contribution in [1.82, 2.24) is 20.1 Å². The second-order valence-electron chi connectivity index (χ2n) is 7.81. The predicted molar refractivity (Wildman–Crippen MR) is 129 cm³/mol. The lowest BCUT2D eigenvalue weighted by atomic mass is 10.0. The second kappa shape index (κ2) is 9.57. The highest BCUT2D eigenvalue weighted by Crippen LogP contribution is 2.40. The molecule has 1 aromatic carbocycles. The topological polar surface area (TPSA) is 44.5 Å². The fourth-order valence-electron chi connectivity index (χ4n) is 3.83. The molecule has 0 amide bonds. The minimum Gasteiger partial charge on any atom is -0.459 e. The SMILES string of the molecule is CN(C)CCCN1C(=S)NC(c2ccccn2)C1c1ccc(-c2ccc(Cl)c(Cl)c2)o1. The van der Waals surface area contributed by atoms with Gasteiger partial charge in [-0.25, -0.2) is 0 Å². The van der Waals surface area contributed by atoms with Gasteiger partial charge in [-0.2, -0.15) is 0 Å². The van der Waals surface area contributed by atoms with Crippen LogP contribution >= 0.6 is 35.4 Å². The van der Waals surface area contributed by atoms with Crippen molar-refractivity contribution < 1.29 is 4.42 Å². The molecule has 3 heterocycles. The summed E-state index contributed by atoms with van der Waals surface area (Å²) in [4.78, 5) is 8.95. The van der Waals surface area contributed by atoms with Crippen molar-refractivity contribution in [2.24, 2.45) is 0 Å². The van der Waals surface area contributed by atoms with Crippen LogP contribution in [0.1, 0.15) is 30.0 Å². The van der Waals surface area contributed by atoms with E-state index >= 15 is 0 Å². The molecule has 1 N–H and O–H groups in total. The van der Waals surface area contributed by atoms with Crippen LogP contribution in [0.2, 0.25) is 10.0 Å². The van der Waals surface area contributed by atoms with Gasteiger partial charge in [0.1, 0.15) is 17.6 Å². The van der Waals surface area contributed by atoms with Crippen molar-refractivity contribution in [2.45, 2.75) is 18.5 Å². The summed E-state index contributed by atoms with van der Waals surface area (Å²) in [5.41, 5.74) is 1.81. The molecule has 1 saturated heterocycles. The molecule has 31 heavy (non-hydrogen) atoms. The lowest BCUT2D eigenvalue weighted by molar-refractivity contribution is 0.261. The second-order valence-corrected chi connectivity index (χ2v) is 9.01. The van der Waals surface area contributed by atoms with E-state index in [0.717, 1.165) is 42.3 Å². The van der Waals surface area contributed by atoms with Crippen molar-refractivity contribution in [3.8, 4) is 11.3 Å². The largest absolute Gasteiger partial charge is 0.459 e. The van der Waals surface area contributed by atoms with Crippen LogP contribution in [0, 0.1) is 0 Å². The van der Waals surface area contributed by atoms with Gasteiger partial charge in [-0.1, -0.05) is 29.3 Å². The third-order valence-corrected chi connectivity index (χ3v) is 6.42. The number of benzene rings is 1. The Kier molecular flexibility index (Phi) is 6.82. The highest BCUT2D eigenvalue weighted by atomic mass is 35.5. The zero-order valence-corrected chi connectivity index (χ0v) is 19.7. The Morgan fingerprint density at radius 2 is 1.97 bits per heavy atom. The molecular weight excluding hydrogens is 451 g/mol. The Labute approximate surface area is 198 Å². The summed E-state index contributed by atoms with van der Waals surface area (Å²) < 4.78 is 6.33. The molecule has 4 rings (SSSR count). The van der Waals surface area contributed by atoms with Gasteiger partial charge in [0, 0.05) is 18.3 Å². The number of nitrogens with one attached hydrogen (secondary N) is 1. The fourth-order valence-corrected chi connectivity index (χ4v) is 4.46. The molecule has 2 aromatic heterocycles. The molecular formula is C23H24Cl2N4OS. The number of pyridine rings is 1. The van der Waals surface area contributed by atoms with Crippen LogP contribution in [0.5, 0.6) is 0 Å². The van der Waals surface area contributed by atoms with E-state index in [-0.39, 0.29) is 12.1 Å². The molecule has 0 saturated carbocycles. The van der Waals surface area contributed by atoms with Crippen molar-refractivity contribution >= 4 is 40.5 Å². The Hall–Kier alpha value is -2.12. The Bertz CT molecular complexity index is 1060. The summed E-state index contributed by atoms with van der Waals surface area (Å²) >= 11 is 18.0. The van der Waals surface area contributed by atoms with Crippen LogP contribution in [0.15, 0.2) is 59.1 Å². The molecule has 2 atom stereocenters. The van der Waals surface area contributed by atoms with E-state index in [1.807, 2.05) is 42.5 Å². The van der Waals surface area contributed by atoms with Crippen molar-refractivity contribution in [2.75, 3.05) is 27.2 Å². The Morgan fingerprint density at radius 3 is 2.68 bits per heavy atom. The number of hydrogen-bond acceptors (Lipinski definition) is 4. The van der Waals surface area contributed by atoms with Crippen LogP contribution in [-0.4, -0.2) is 47.1 Å². The van der Waals surface area contributed by atoms with Gasteiger partial charge >= 0.3 is 0 Å². The lowest BCUT2D eigenvalue weighted by Gasteiger charge is -2.26. The summed E-state index contributed by atoms with van der Waals surface area (Å²) in [7, 11) is 4.15. The van der Waals surface area contributed by atoms with Gasteiger partial charge in [0.05, 0.1) is 21.8 Å². The summed E-state index contributed by atoms with van der Waals surface area (Å²) in [5.74, 6) is 1.56. The summed E-state index contributed by atoms with van der Waals surface area (Å²) in [6.07, 6.45) is 2.79. The van der Waals surface area contributed by atoms with Gasteiger partial charge in [0.2, 0.25) is 0 Å². The highest BCUT2D eigenvalue weighted by molar-refractivity contribution is 7.80. The summed E-state index contributed by atoms with van der Waals surface area (Å²) in [6.45, 7) is 1.80. The van der Waals surface area contributed by atoms with E-state index in [1.165, 1.54) is 0 Å². The minimum atomic E-state index is -0.0964. The molecule has 8 heteroatoms. The van der Waals surface area contributed by atoms with Crippen LogP contribution in [-0.2, 0) is 0 Å². The van der Waals surface area contributed by atoms with E-state index < -0.39 is 0 Å². The van der Waals surface area contributed by atoms with E-state index in [0.29, 0.717) is 15.2 Å². The molecule has 3 aromatic rings. The number of aromatic nitrogens is 1. The zero-order chi connectivity index (χ0) is 22.0. The van der Waals surface area contributed by atoms with Gasteiger partial charge in [-0.3, -0.25) is 4.98 Å². The van der Waals surface area contributed by atoms with Crippen LogP contribution in [0.25, 0.3) is 11.3 Å². The van der Waals surface area contributed by atoms with Crippen LogP contribution in [0.3, 0.4) is 0 Å². The monoisotopic (exact) mass is 474 g/mol. The highest BCUT2D eigenvalue weighted by Gasteiger charge is 2.41. The maximum atomic E-state index is 6.33. The first-order valence-electron chi connectivity index (χ1n) is 10.1. The normalized spacial score (nSPS) is 18.6. The van der Waals surface area contributed by atoms with Crippen LogP contribution in [0.4, 0.5) is 0 Å². The Morgan fingerprint density at radius 1 is 1.13 bits per heavy atom. The third-order valence-electron chi connectivity index (χ3n) is 5.32. The summed E-state index contributed by atoms with van der Waals surface area (Å²) in [5, 5.41) is 5.19.